The first-order chi connectivity index (χ1) is 17.8. The van der Waals surface area contributed by atoms with Crippen molar-refractivity contribution in [3.63, 3.8) is 0 Å². The van der Waals surface area contributed by atoms with Crippen LogP contribution in [0.5, 0.6) is 0 Å². The highest BCUT2D eigenvalue weighted by Crippen LogP contribution is 2.47. The number of hydrogen-bond donors (Lipinski definition) is 5. The van der Waals surface area contributed by atoms with Gasteiger partial charge in [-0.1, -0.05) is 11.2 Å². The maximum Gasteiger partial charge on any atom is 0.322 e. The molecule has 2 fully saturated rings. The van der Waals surface area contributed by atoms with Crippen LogP contribution in [0.15, 0.2) is 46.7 Å². The Kier molecular flexibility index (Phi) is 8.46. The van der Waals surface area contributed by atoms with E-state index in [9.17, 15) is 24.7 Å². The summed E-state index contributed by atoms with van der Waals surface area (Å²) in [5, 5.41) is 24.7. The molecule has 0 aliphatic carbocycles. The summed E-state index contributed by atoms with van der Waals surface area (Å²) < 4.78 is -1.27. The van der Waals surface area contributed by atoms with Crippen LogP contribution in [0.4, 0.5) is 5.82 Å². The Hall–Kier alpha value is -3.01. The fourth-order valence-electron chi connectivity index (χ4n) is 3.89. The summed E-state index contributed by atoms with van der Waals surface area (Å²) in [7, 11) is 0. The Morgan fingerprint density at radius 3 is 2.86 bits per heavy atom. The molecule has 0 spiro atoms. The molecule has 4 rings (SSSR count). The van der Waals surface area contributed by atoms with Gasteiger partial charge in [0.15, 0.2) is 5.71 Å². The maximum atomic E-state index is 13.0. The molecule has 2 aromatic rings. The van der Waals surface area contributed by atoms with Gasteiger partial charge in [-0.3, -0.25) is 19.4 Å². The number of nitrogen functional groups attached to an aromatic ring is 1. The molecule has 4 heterocycles. The van der Waals surface area contributed by atoms with Gasteiger partial charge in [-0.25, -0.2) is 4.98 Å². The highest BCUT2D eigenvalue weighted by atomic mass is 32.2. The first kappa shape index (κ1) is 27.0. The molecule has 0 aromatic carbocycles. The number of β-lactam (4-membered cyclic amide) rings is 1. The summed E-state index contributed by atoms with van der Waals surface area (Å²) in [4.78, 5) is 48.6. The highest BCUT2D eigenvalue weighted by molar-refractivity contribution is 8.05. The number of oxime groups is 1. The minimum Gasteiger partial charge on any atom is -0.480 e. The van der Waals surface area contributed by atoms with Crippen LogP contribution < -0.4 is 16.8 Å². The Bertz CT molecular complexity index is 1230. The number of thioether (sulfide) groups is 3. The predicted molar refractivity (Wildman–Crippen MR) is 143 cm³/mol. The van der Waals surface area contributed by atoms with Gasteiger partial charge in [-0.05, 0) is 23.8 Å². The van der Waals surface area contributed by atoms with Gasteiger partial charge in [0.2, 0.25) is 5.91 Å². The summed E-state index contributed by atoms with van der Waals surface area (Å²) >= 11 is 4.13. The van der Waals surface area contributed by atoms with Crippen molar-refractivity contribution < 1.29 is 24.7 Å². The molecule has 2 aliphatic rings. The lowest BCUT2D eigenvalue weighted by molar-refractivity contribution is -0.151. The number of carboxylic acids is 1. The number of aliphatic carboxylic acids is 1. The zero-order valence-corrected chi connectivity index (χ0v) is 21.9. The molecule has 0 radical (unpaired) electrons. The molecule has 196 valence electrons. The molecule has 3 atom stereocenters. The van der Waals surface area contributed by atoms with Crippen molar-refractivity contribution in [1.82, 2.24) is 20.2 Å². The molecule has 2 aliphatic heterocycles. The first-order valence-corrected chi connectivity index (χ1v) is 14.1. The molecule has 37 heavy (non-hydrogen) atoms. The number of nitrogens with two attached hydrogens (primary N) is 2. The first-order valence-electron chi connectivity index (χ1n) is 11.1. The van der Waals surface area contributed by atoms with Crippen molar-refractivity contribution in [1.29, 1.82) is 0 Å². The SMILES string of the molecule is NCCSCc1cnccc1SC1(C(=O)O)CS[C@@H]2[C@H](NC(=O)C(=NO)c3cccc(N)n3)C(=O)N2C1. The summed E-state index contributed by atoms with van der Waals surface area (Å²) in [5.41, 5.74) is 11.8. The van der Waals surface area contributed by atoms with Crippen LogP contribution in [0.2, 0.25) is 0 Å². The number of nitrogens with one attached hydrogen (secondary N) is 1. The quantitative estimate of drug-likeness (QED) is 0.0881. The van der Waals surface area contributed by atoms with Crippen molar-refractivity contribution in [3.8, 4) is 0 Å². The van der Waals surface area contributed by atoms with Gasteiger partial charge < -0.3 is 32.0 Å². The number of rotatable bonds is 10. The molecule has 2 amide bonds. The zero-order chi connectivity index (χ0) is 26.6. The monoisotopic (exact) mass is 563 g/mol. The third-order valence-electron chi connectivity index (χ3n) is 5.74. The lowest BCUT2D eigenvalue weighted by Gasteiger charge is -2.53. The van der Waals surface area contributed by atoms with Crippen molar-refractivity contribution in [3.05, 3.63) is 47.9 Å². The third-order valence-corrected chi connectivity index (χ3v) is 9.95. The minimum absolute atomic E-state index is 0.0225. The molecule has 2 aromatic heterocycles. The van der Waals surface area contributed by atoms with Gasteiger partial charge >= 0.3 is 5.97 Å². The van der Waals surface area contributed by atoms with Crippen molar-refractivity contribution >= 4 is 64.6 Å². The van der Waals surface area contributed by atoms with E-state index in [0.29, 0.717) is 12.3 Å². The van der Waals surface area contributed by atoms with Crippen LogP contribution in [0.25, 0.3) is 0 Å². The van der Waals surface area contributed by atoms with E-state index in [4.69, 9.17) is 11.5 Å². The fourth-order valence-corrected chi connectivity index (χ4v) is 7.67. The Morgan fingerprint density at radius 2 is 2.16 bits per heavy atom. The van der Waals surface area contributed by atoms with E-state index < -0.39 is 33.9 Å². The Morgan fingerprint density at radius 1 is 1.35 bits per heavy atom. The molecule has 2 saturated heterocycles. The smallest absolute Gasteiger partial charge is 0.322 e. The van der Waals surface area contributed by atoms with Gasteiger partial charge in [0.1, 0.15) is 27.7 Å². The molecule has 0 bridgehead atoms. The largest absolute Gasteiger partial charge is 0.480 e. The summed E-state index contributed by atoms with van der Waals surface area (Å²) in [6.07, 6.45) is 3.33. The van der Waals surface area contributed by atoms with E-state index in [1.54, 1.807) is 36.3 Å². The van der Waals surface area contributed by atoms with Gasteiger partial charge in [-0.15, -0.1) is 23.5 Å². The Labute approximate surface area is 225 Å². The number of nitrogens with zero attached hydrogens (tertiary/aromatic N) is 4. The number of carboxylic acid groups (broad SMARTS) is 1. The number of carbonyl (C=O) groups excluding carboxylic acids is 2. The van der Waals surface area contributed by atoms with Gasteiger partial charge in [0.25, 0.3) is 5.91 Å². The number of amides is 2. The van der Waals surface area contributed by atoms with Crippen LogP contribution in [-0.2, 0) is 20.1 Å². The van der Waals surface area contributed by atoms with E-state index >= 15 is 0 Å². The van der Waals surface area contributed by atoms with E-state index in [0.717, 1.165) is 16.2 Å². The number of pyridine rings is 2. The van der Waals surface area contributed by atoms with E-state index in [2.05, 4.69) is 20.4 Å². The average Bonchev–Trinajstić information content (AvgIpc) is 2.89. The zero-order valence-electron chi connectivity index (χ0n) is 19.4. The Balaban J connectivity index is 1.45. The van der Waals surface area contributed by atoms with E-state index in [-0.39, 0.29) is 29.5 Å². The molecule has 0 saturated carbocycles. The van der Waals surface area contributed by atoms with Crippen molar-refractivity contribution in [2.45, 2.75) is 26.8 Å². The van der Waals surface area contributed by atoms with Crippen molar-refractivity contribution in [2.24, 2.45) is 10.9 Å². The molecule has 15 heteroatoms. The standard InChI is InChI=1S/C22H25N7O5S3/c23-5-7-35-9-12-8-25-6-4-14(12)37-22(21(32)33)10-29-19(31)17(20(29)36-11-22)27-18(30)16(28-34)13-2-1-3-15(24)26-13/h1-4,6,8,17,20,34H,5,7,9-11,23H2,(H2,24,26)(H,27,30)(H,32,33)/t17-,20-,22?/m1/s1. The molecule has 1 unspecified atom stereocenters. The second-order valence-corrected chi connectivity index (χ2v) is 11.9. The number of hydrogen-bond acceptors (Lipinski definition) is 12. The number of fused-ring (bicyclic) bond motifs is 1. The molecule has 12 nitrogen and oxygen atoms in total. The van der Waals surface area contributed by atoms with Gasteiger partial charge in [-0.2, -0.15) is 11.8 Å². The lowest BCUT2D eigenvalue weighted by atomic mass is 10.0. The maximum absolute atomic E-state index is 13.0. The molecule has 7 N–H and O–H groups in total. The van der Waals surface area contributed by atoms with Crippen molar-refractivity contribution in [2.75, 3.05) is 30.3 Å². The topological polar surface area (TPSA) is 197 Å². The number of carbonyl (C=O) groups is 3. The second kappa shape index (κ2) is 11.6. The molecular weight excluding hydrogens is 538 g/mol. The summed E-state index contributed by atoms with van der Waals surface area (Å²) in [6.45, 7) is 0.520. The van der Waals surface area contributed by atoms with Gasteiger partial charge in [0.05, 0.1) is 0 Å². The second-order valence-electron chi connectivity index (χ2n) is 8.24. The highest BCUT2D eigenvalue weighted by Gasteiger charge is 2.58. The van der Waals surface area contributed by atoms with Crippen LogP contribution in [-0.4, -0.2) is 89.4 Å². The minimum atomic E-state index is -1.27. The predicted octanol–water partition coefficient (Wildman–Crippen LogP) is 0.445. The summed E-state index contributed by atoms with van der Waals surface area (Å²) in [5.74, 6) is -0.466. The fraction of sp³-hybridized carbons (Fsp3) is 0.364. The lowest BCUT2D eigenvalue weighted by Crippen LogP contribution is -2.74. The van der Waals surface area contributed by atoms with Gasteiger partial charge in [0, 0.05) is 47.6 Å². The van der Waals surface area contributed by atoms with Crippen LogP contribution in [0.1, 0.15) is 11.3 Å². The molecular formula is C22H25N7O5S3. The van der Waals surface area contributed by atoms with E-state index in [1.165, 1.54) is 40.6 Å². The number of anilines is 1. The van der Waals surface area contributed by atoms with E-state index in [1.807, 2.05) is 0 Å². The van der Waals surface area contributed by atoms with Crippen LogP contribution in [0, 0.1) is 0 Å². The summed E-state index contributed by atoms with van der Waals surface area (Å²) in [6, 6.07) is 5.41. The third kappa shape index (κ3) is 5.63. The number of aromatic nitrogens is 2. The normalized spacial score (nSPS) is 23.2. The van der Waals surface area contributed by atoms with Crippen LogP contribution >= 0.6 is 35.3 Å². The van der Waals surface area contributed by atoms with Crippen LogP contribution in [0.3, 0.4) is 0 Å². The average molecular weight is 564 g/mol.